The average molecular weight is 272 g/mol. The van der Waals surface area contributed by atoms with Crippen LogP contribution in [0.2, 0.25) is 0 Å². The van der Waals surface area contributed by atoms with Crippen molar-refractivity contribution in [3.8, 4) is 5.75 Å². The number of rotatable bonds is 5. The van der Waals surface area contributed by atoms with Gasteiger partial charge in [0.1, 0.15) is 0 Å². The Hall–Kier alpha value is -1.69. The molecular weight excluding hydrogens is 254 g/mol. The molecule has 0 aliphatic rings. The van der Waals surface area contributed by atoms with E-state index in [0.29, 0.717) is 12.1 Å². The molecule has 0 unspecified atom stereocenters. The summed E-state index contributed by atoms with van der Waals surface area (Å²) in [7, 11) is 0. The van der Waals surface area contributed by atoms with Crippen molar-refractivity contribution in [3.05, 3.63) is 29.3 Å². The van der Waals surface area contributed by atoms with Crippen molar-refractivity contribution in [2.45, 2.75) is 32.9 Å². The van der Waals surface area contributed by atoms with Crippen molar-refractivity contribution in [2.75, 3.05) is 6.61 Å². The minimum atomic E-state index is -0.855. The molecule has 0 bridgehead atoms. The van der Waals surface area contributed by atoms with E-state index in [9.17, 15) is 13.6 Å². The van der Waals surface area contributed by atoms with E-state index in [1.165, 1.54) is 0 Å². The minimum absolute atomic E-state index is 0.159. The van der Waals surface area contributed by atoms with E-state index < -0.39 is 29.9 Å². The molecule has 1 aromatic carbocycles. The van der Waals surface area contributed by atoms with Crippen LogP contribution in [0.4, 0.5) is 8.78 Å². The van der Waals surface area contributed by atoms with Gasteiger partial charge >= 0.3 is 0 Å². The lowest BCUT2D eigenvalue weighted by Crippen LogP contribution is -2.35. The van der Waals surface area contributed by atoms with E-state index >= 15 is 0 Å². The number of carbonyl (C=O) groups is 1. The number of hydrogen-bond acceptors (Lipinski definition) is 3. The second-order valence-electron chi connectivity index (χ2n) is 5.25. The van der Waals surface area contributed by atoms with Gasteiger partial charge in [0.25, 0.3) is 5.91 Å². The highest BCUT2D eigenvalue weighted by Gasteiger charge is 2.15. The molecule has 6 heteroatoms. The molecular formula is C13H18F2N2O2. The number of nitrogens with two attached hydrogens (primary N) is 1. The van der Waals surface area contributed by atoms with Crippen LogP contribution < -0.4 is 15.8 Å². The van der Waals surface area contributed by atoms with Gasteiger partial charge in [0.15, 0.2) is 24.0 Å². The van der Waals surface area contributed by atoms with Gasteiger partial charge in [-0.1, -0.05) is 0 Å². The molecule has 1 rings (SSSR count). The van der Waals surface area contributed by atoms with Crippen molar-refractivity contribution in [2.24, 2.45) is 5.73 Å². The molecule has 3 N–H and O–H groups in total. The Balaban J connectivity index is 2.81. The average Bonchev–Trinajstić information content (AvgIpc) is 2.23. The molecule has 1 amide bonds. The van der Waals surface area contributed by atoms with Gasteiger partial charge in [0.05, 0.1) is 0 Å². The van der Waals surface area contributed by atoms with Gasteiger partial charge in [0.2, 0.25) is 0 Å². The Labute approximate surface area is 110 Å². The third kappa shape index (κ3) is 5.21. The number of halogens is 2. The summed E-state index contributed by atoms with van der Waals surface area (Å²) in [6.07, 6.45) is 0. The fourth-order valence-electron chi connectivity index (χ4n) is 1.36. The predicted octanol–water partition coefficient (Wildman–Crippen LogP) is 1.72. The molecule has 0 heterocycles. The van der Waals surface area contributed by atoms with Gasteiger partial charge in [-0.05, 0) is 38.5 Å². The number of amides is 1. The fraction of sp³-hybridized carbons (Fsp3) is 0.462. The summed E-state index contributed by atoms with van der Waals surface area (Å²) in [4.78, 5) is 10.5. The highest BCUT2D eigenvalue weighted by atomic mass is 19.1. The van der Waals surface area contributed by atoms with Crippen LogP contribution in [-0.4, -0.2) is 18.1 Å². The van der Waals surface area contributed by atoms with Gasteiger partial charge in [-0.25, -0.2) is 8.78 Å². The van der Waals surface area contributed by atoms with E-state index in [1.807, 2.05) is 20.8 Å². The molecule has 106 valence electrons. The summed E-state index contributed by atoms with van der Waals surface area (Å²) >= 11 is 0. The summed E-state index contributed by atoms with van der Waals surface area (Å²) in [5, 5.41) is 3.11. The molecule has 0 aliphatic heterocycles. The maximum Gasteiger partial charge on any atom is 0.255 e. The topological polar surface area (TPSA) is 64.3 Å². The third-order valence-corrected chi connectivity index (χ3v) is 2.24. The SMILES string of the molecule is CC(C)(C)NCc1cc(F)c(OCC(N)=O)c(F)c1. The molecule has 0 aromatic heterocycles. The van der Waals surface area contributed by atoms with Crippen LogP contribution in [-0.2, 0) is 11.3 Å². The summed E-state index contributed by atoms with van der Waals surface area (Å²) in [6, 6.07) is 2.33. The van der Waals surface area contributed by atoms with Crippen LogP contribution in [0.15, 0.2) is 12.1 Å². The molecule has 0 saturated heterocycles. The van der Waals surface area contributed by atoms with Crippen molar-refractivity contribution in [1.29, 1.82) is 0 Å². The van der Waals surface area contributed by atoms with E-state index in [1.54, 1.807) is 0 Å². The zero-order chi connectivity index (χ0) is 14.6. The van der Waals surface area contributed by atoms with Gasteiger partial charge in [-0.15, -0.1) is 0 Å². The zero-order valence-corrected chi connectivity index (χ0v) is 11.2. The van der Waals surface area contributed by atoms with Crippen LogP contribution in [0.25, 0.3) is 0 Å². The van der Waals surface area contributed by atoms with Crippen molar-refractivity contribution in [1.82, 2.24) is 5.32 Å². The third-order valence-electron chi connectivity index (χ3n) is 2.24. The number of primary amides is 1. The van der Waals surface area contributed by atoms with E-state index in [2.05, 4.69) is 10.1 Å². The van der Waals surface area contributed by atoms with Crippen molar-refractivity contribution >= 4 is 5.91 Å². The molecule has 0 aliphatic carbocycles. The summed E-state index contributed by atoms with van der Waals surface area (Å²) in [5.41, 5.74) is 5.14. The number of benzene rings is 1. The highest BCUT2D eigenvalue weighted by Crippen LogP contribution is 2.23. The lowest BCUT2D eigenvalue weighted by molar-refractivity contribution is -0.120. The molecule has 0 radical (unpaired) electrons. The number of hydrogen-bond donors (Lipinski definition) is 2. The number of nitrogens with one attached hydrogen (secondary N) is 1. The molecule has 1 aromatic rings. The lowest BCUT2D eigenvalue weighted by atomic mass is 10.1. The summed E-state index contributed by atoms with van der Waals surface area (Å²) in [6.45, 7) is 5.61. The maximum absolute atomic E-state index is 13.6. The fourth-order valence-corrected chi connectivity index (χ4v) is 1.36. The zero-order valence-electron chi connectivity index (χ0n) is 11.2. The van der Waals surface area contributed by atoms with E-state index in [0.717, 1.165) is 12.1 Å². The highest BCUT2D eigenvalue weighted by molar-refractivity contribution is 5.75. The lowest BCUT2D eigenvalue weighted by Gasteiger charge is -2.20. The number of ether oxygens (including phenoxy) is 1. The van der Waals surface area contributed by atoms with Crippen LogP contribution in [0.1, 0.15) is 26.3 Å². The van der Waals surface area contributed by atoms with Crippen LogP contribution in [0.5, 0.6) is 5.75 Å². The Kier molecular flexibility index (Phi) is 4.83. The largest absolute Gasteiger partial charge is 0.478 e. The van der Waals surface area contributed by atoms with Crippen LogP contribution >= 0.6 is 0 Å². The predicted molar refractivity (Wildman–Crippen MR) is 67.6 cm³/mol. The Morgan fingerprint density at radius 1 is 1.32 bits per heavy atom. The van der Waals surface area contributed by atoms with E-state index in [4.69, 9.17) is 5.73 Å². The smallest absolute Gasteiger partial charge is 0.255 e. The van der Waals surface area contributed by atoms with Crippen LogP contribution in [0.3, 0.4) is 0 Å². The van der Waals surface area contributed by atoms with Crippen molar-refractivity contribution in [3.63, 3.8) is 0 Å². The van der Waals surface area contributed by atoms with Crippen LogP contribution in [0, 0.1) is 11.6 Å². The first kappa shape index (κ1) is 15.4. The molecule has 0 saturated carbocycles. The standard InChI is InChI=1S/C13H18F2N2O2/c1-13(2,3)17-6-8-4-9(14)12(10(15)5-8)19-7-11(16)18/h4-5,17H,6-7H2,1-3H3,(H2,16,18). The molecule has 4 nitrogen and oxygen atoms in total. The van der Waals surface area contributed by atoms with Gasteiger partial charge in [-0.3, -0.25) is 4.79 Å². The van der Waals surface area contributed by atoms with Gasteiger partial charge in [-0.2, -0.15) is 0 Å². The summed E-state index contributed by atoms with van der Waals surface area (Å²) < 4.78 is 32.0. The molecule has 0 atom stereocenters. The molecule has 19 heavy (non-hydrogen) atoms. The Morgan fingerprint density at radius 2 is 1.84 bits per heavy atom. The monoisotopic (exact) mass is 272 g/mol. The Bertz CT molecular complexity index is 447. The molecule has 0 spiro atoms. The minimum Gasteiger partial charge on any atom is -0.478 e. The first-order valence-electron chi connectivity index (χ1n) is 5.83. The van der Waals surface area contributed by atoms with Crippen molar-refractivity contribution < 1.29 is 18.3 Å². The second kappa shape index (κ2) is 5.97. The van der Waals surface area contributed by atoms with E-state index in [-0.39, 0.29) is 5.54 Å². The normalized spacial score (nSPS) is 11.4. The quantitative estimate of drug-likeness (QED) is 0.857. The summed E-state index contributed by atoms with van der Waals surface area (Å²) in [5.74, 6) is -3.09. The second-order valence-corrected chi connectivity index (χ2v) is 5.25. The number of carbonyl (C=O) groups excluding carboxylic acids is 1. The molecule has 0 fully saturated rings. The first-order valence-corrected chi connectivity index (χ1v) is 5.83. The van der Waals surface area contributed by atoms with Gasteiger partial charge in [0, 0.05) is 12.1 Å². The Morgan fingerprint density at radius 3 is 2.26 bits per heavy atom. The van der Waals surface area contributed by atoms with Gasteiger partial charge < -0.3 is 15.8 Å². The maximum atomic E-state index is 13.6. The first-order chi connectivity index (χ1) is 8.69.